The molecule has 1 fully saturated rings. The van der Waals surface area contributed by atoms with Crippen molar-refractivity contribution in [3.8, 4) is 5.75 Å². The number of aryl methyl sites for hydroxylation is 3. The number of hydrogen-bond acceptors (Lipinski definition) is 5. The molecule has 1 amide bonds. The topological polar surface area (TPSA) is 65.7 Å². The van der Waals surface area contributed by atoms with Gasteiger partial charge in [-0.3, -0.25) is 4.79 Å². The number of fused-ring (bicyclic) bond motifs is 2. The van der Waals surface area contributed by atoms with Crippen molar-refractivity contribution in [3.05, 3.63) is 89.1 Å². The van der Waals surface area contributed by atoms with Crippen molar-refractivity contribution in [1.82, 2.24) is 14.0 Å². The van der Waals surface area contributed by atoms with Crippen LogP contribution in [0, 0.1) is 0 Å². The smallest absolute Gasteiger partial charge is 0.410 e. The van der Waals surface area contributed by atoms with Crippen LogP contribution in [0.1, 0.15) is 68.1 Å². The van der Waals surface area contributed by atoms with Crippen LogP contribution < -0.4 is 4.74 Å². The predicted molar refractivity (Wildman–Crippen MR) is 177 cm³/mol. The first kappa shape index (κ1) is 30.0. The number of para-hydroxylation sites is 1. The second-order valence-corrected chi connectivity index (χ2v) is 13.7. The van der Waals surface area contributed by atoms with Gasteiger partial charge in [0.15, 0.2) is 0 Å². The van der Waals surface area contributed by atoms with Crippen molar-refractivity contribution < 1.29 is 19.1 Å². The molecule has 0 saturated carbocycles. The van der Waals surface area contributed by atoms with E-state index in [1.54, 1.807) is 16.2 Å². The van der Waals surface area contributed by atoms with Gasteiger partial charge in [-0.25, -0.2) is 4.79 Å². The zero-order valence-electron chi connectivity index (χ0n) is 26.0. The van der Waals surface area contributed by atoms with Crippen LogP contribution in [0.5, 0.6) is 5.75 Å². The van der Waals surface area contributed by atoms with Gasteiger partial charge >= 0.3 is 6.09 Å². The van der Waals surface area contributed by atoms with E-state index in [-0.39, 0.29) is 18.0 Å². The van der Waals surface area contributed by atoms with Crippen LogP contribution in [0.15, 0.2) is 72.2 Å². The van der Waals surface area contributed by atoms with Crippen LogP contribution in [-0.2, 0) is 24.8 Å². The Hall–Kier alpha value is -4.04. The summed E-state index contributed by atoms with van der Waals surface area (Å²) in [6.45, 7) is 7.85. The van der Waals surface area contributed by atoms with Crippen LogP contribution in [0.25, 0.3) is 21.1 Å². The van der Waals surface area contributed by atoms with Crippen LogP contribution in [0.4, 0.5) is 4.79 Å². The standard InChI is InChI=1S/C36H41N3O4S/c1-36(2,3)43-35(41)38-19-8-10-26(17-21-38)42-27-15-13-25(14-16-27)9-7-20-39-24-29(28-11-5-6-12-30(28)39)34(40)32-23-33-31(37(32)4)18-22-44-33/h5-6,11-16,18,22-24,26H,7-10,17,19-21H2,1-4H3. The molecule has 1 aliphatic heterocycles. The van der Waals surface area contributed by atoms with Gasteiger partial charge in [0.05, 0.1) is 15.9 Å². The number of ketones is 1. The second-order valence-electron chi connectivity index (χ2n) is 12.7. The average Bonchev–Trinajstić information content (AvgIpc) is 3.63. The van der Waals surface area contributed by atoms with Crippen molar-refractivity contribution in [2.45, 2.75) is 71.1 Å². The lowest BCUT2D eigenvalue weighted by molar-refractivity contribution is 0.0252. The van der Waals surface area contributed by atoms with Crippen molar-refractivity contribution in [2.24, 2.45) is 7.05 Å². The number of likely N-dealkylation sites (tertiary alicyclic amines) is 1. The van der Waals surface area contributed by atoms with Crippen molar-refractivity contribution in [2.75, 3.05) is 13.1 Å². The summed E-state index contributed by atoms with van der Waals surface area (Å²) < 4.78 is 17.2. The molecule has 1 unspecified atom stereocenters. The summed E-state index contributed by atoms with van der Waals surface area (Å²) in [6, 6.07) is 20.7. The summed E-state index contributed by atoms with van der Waals surface area (Å²) in [7, 11) is 1.97. The molecular formula is C36H41N3O4S. The third kappa shape index (κ3) is 6.55. The SMILES string of the molecule is Cn1c(C(=O)c2cn(CCCc3ccc(OC4CCCN(C(=O)OC(C)(C)C)CC4)cc3)c3ccccc23)cc2sccc21. The monoisotopic (exact) mass is 611 g/mol. The van der Waals surface area contributed by atoms with E-state index < -0.39 is 5.60 Å². The third-order valence-electron chi connectivity index (χ3n) is 8.35. The van der Waals surface area contributed by atoms with E-state index in [1.807, 2.05) is 62.8 Å². The van der Waals surface area contributed by atoms with Crippen LogP contribution in [0.3, 0.4) is 0 Å². The van der Waals surface area contributed by atoms with Crippen LogP contribution in [-0.4, -0.2) is 50.7 Å². The summed E-state index contributed by atoms with van der Waals surface area (Å²) in [4.78, 5) is 28.0. The number of nitrogens with zero attached hydrogens (tertiary/aromatic N) is 3. The van der Waals surface area contributed by atoms with Gasteiger partial charge in [0.25, 0.3) is 0 Å². The molecule has 3 aromatic heterocycles. The van der Waals surface area contributed by atoms with E-state index in [1.165, 1.54) is 5.56 Å². The molecule has 8 heteroatoms. The summed E-state index contributed by atoms with van der Waals surface area (Å²) in [6.07, 6.45) is 6.36. The Bertz CT molecular complexity index is 1770. The van der Waals surface area contributed by atoms with E-state index >= 15 is 0 Å². The Morgan fingerprint density at radius 3 is 2.55 bits per heavy atom. The average molecular weight is 612 g/mol. The van der Waals surface area contributed by atoms with Crippen molar-refractivity contribution in [1.29, 1.82) is 0 Å². The first-order chi connectivity index (χ1) is 21.2. The minimum atomic E-state index is -0.488. The van der Waals surface area contributed by atoms with Crippen LogP contribution >= 0.6 is 11.3 Å². The molecule has 44 heavy (non-hydrogen) atoms. The fourth-order valence-corrected chi connectivity index (χ4v) is 6.94. The molecule has 1 saturated heterocycles. The maximum Gasteiger partial charge on any atom is 0.410 e. The quantitative estimate of drug-likeness (QED) is 0.166. The highest BCUT2D eigenvalue weighted by Gasteiger charge is 2.26. The van der Waals surface area contributed by atoms with E-state index in [2.05, 4.69) is 46.3 Å². The molecule has 7 nitrogen and oxygen atoms in total. The van der Waals surface area contributed by atoms with E-state index in [0.717, 1.165) is 76.8 Å². The van der Waals surface area contributed by atoms with Crippen molar-refractivity contribution >= 4 is 44.3 Å². The molecular weight excluding hydrogens is 570 g/mol. The van der Waals surface area contributed by atoms with E-state index in [4.69, 9.17) is 9.47 Å². The lowest BCUT2D eigenvalue weighted by Crippen LogP contribution is -2.37. The molecule has 4 heterocycles. The normalized spacial score (nSPS) is 15.9. The minimum Gasteiger partial charge on any atom is -0.490 e. The Labute approximate surface area is 263 Å². The minimum absolute atomic E-state index is 0.0626. The maximum absolute atomic E-state index is 13.7. The Morgan fingerprint density at radius 1 is 0.977 bits per heavy atom. The lowest BCUT2D eigenvalue weighted by atomic mass is 10.1. The van der Waals surface area contributed by atoms with Gasteiger partial charge in [0.1, 0.15) is 17.5 Å². The third-order valence-corrected chi connectivity index (χ3v) is 9.20. The Balaban J connectivity index is 1.05. The zero-order valence-corrected chi connectivity index (χ0v) is 26.9. The summed E-state index contributed by atoms with van der Waals surface area (Å²) in [5, 5.41) is 3.06. The van der Waals surface area contributed by atoms with Gasteiger partial charge in [0.2, 0.25) is 5.78 Å². The summed E-state index contributed by atoms with van der Waals surface area (Å²) in [5.41, 5.74) is 4.43. The molecule has 1 aliphatic rings. The molecule has 0 spiro atoms. The van der Waals surface area contributed by atoms with Gasteiger partial charge in [-0.15, -0.1) is 11.3 Å². The largest absolute Gasteiger partial charge is 0.490 e. The summed E-state index contributed by atoms with van der Waals surface area (Å²) >= 11 is 1.66. The molecule has 0 bridgehead atoms. The molecule has 6 rings (SSSR count). The summed E-state index contributed by atoms with van der Waals surface area (Å²) in [5.74, 6) is 0.928. The number of aromatic nitrogens is 2. The van der Waals surface area contributed by atoms with Crippen molar-refractivity contribution in [3.63, 3.8) is 0 Å². The molecule has 0 radical (unpaired) electrons. The number of carbonyl (C=O) groups excluding carboxylic acids is 2. The Kier molecular flexibility index (Phi) is 8.54. The van der Waals surface area contributed by atoms with Gasteiger partial charge in [-0.2, -0.15) is 0 Å². The molecule has 1 atom stereocenters. The molecule has 0 N–H and O–H groups in total. The number of ether oxygens (including phenoxy) is 2. The highest BCUT2D eigenvalue weighted by Crippen LogP contribution is 2.29. The lowest BCUT2D eigenvalue weighted by Gasteiger charge is -2.26. The van der Waals surface area contributed by atoms with Gasteiger partial charge in [-0.05, 0) is 87.7 Å². The number of thiophene rings is 1. The first-order valence-corrected chi connectivity index (χ1v) is 16.4. The van der Waals surface area contributed by atoms with Gasteiger partial charge < -0.3 is 23.5 Å². The van der Waals surface area contributed by atoms with Crippen LogP contribution in [0.2, 0.25) is 0 Å². The van der Waals surface area contributed by atoms with Gasteiger partial charge in [-0.1, -0.05) is 30.3 Å². The fourth-order valence-electron chi connectivity index (χ4n) is 6.09. The molecule has 5 aromatic rings. The number of carbonyl (C=O) groups is 2. The van der Waals surface area contributed by atoms with E-state index in [0.29, 0.717) is 13.1 Å². The van der Waals surface area contributed by atoms with Gasteiger partial charge in [0, 0.05) is 55.8 Å². The first-order valence-electron chi connectivity index (χ1n) is 15.6. The highest BCUT2D eigenvalue weighted by atomic mass is 32.1. The Morgan fingerprint density at radius 2 is 1.77 bits per heavy atom. The number of hydrogen-bond donors (Lipinski definition) is 0. The fraction of sp³-hybridized carbons (Fsp3) is 0.389. The molecule has 230 valence electrons. The molecule has 2 aromatic carbocycles. The predicted octanol–water partition coefficient (Wildman–Crippen LogP) is 8.23. The van der Waals surface area contributed by atoms with E-state index in [9.17, 15) is 9.59 Å². The zero-order chi connectivity index (χ0) is 30.8. The number of rotatable bonds is 8. The molecule has 0 aliphatic carbocycles. The highest BCUT2D eigenvalue weighted by molar-refractivity contribution is 7.17. The number of benzene rings is 2. The maximum atomic E-state index is 13.7. The second kappa shape index (κ2) is 12.5. The number of amides is 1.